The van der Waals surface area contributed by atoms with Gasteiger partial charge in [0, 0.05) is 28.7 Å². The van der Waals surface area contributed by atoms with Crippen molar-refractivity contribution in [3.8, 4) is 0 Å². The third-order valence-corrected chi connectivity index (χ3v) is 4.52. The molecule has 3 rings (SSSR count). The van der Waals surface area contributed by atoms with Crippen molar-refractivity contribution in [1.29, 1.82) is 0 Å². The van der Waals surface area contributed by atoms with Gasteiger partial charge in [-0.25, -0.2) is 0 Å². The Morgan fingerprint density at radius 2 is 2.00 bits per heavy atom. The summed E-state index contributed by atoms with van der Waals surface area (Å²) in [5, 5.41) is 1.06. The van der Waals surface area contributed by atoms with E-state index in [0.717, 1.165) is 29.4 Å². The van der Waals surface area contributed by atoms with Crippen molar-refractivity contribution in [2.24, 2.45) is 0 Å². The first-order valence-corrected chi connectivity index (χ1v) is 7.53. The number of carbonyl (C=O) groups excluding carboxylic acids is 1. The number of hydrogen-bond donors (Lipinski definition) is 0. The SMILES string of the molecule is CN(Cn1cc(C=O)c2ccccc21)C1CCCCC1. The molecule has 0 bridgehead atoms. The number of carbonyl (C=O) groups is 1. The molecule has 1 aliphatic carbocycles. The van der Waals surface area contributed by atoms with Crippen LogP contribution < -0.4 is 0 Å². The molecule has 1 aromatic carbocycles. The van der Waals surface area contributed by atoms with Crippen LogP contribution in [0.1, 0.15) is 42.5 Å². The van der Waals surface area contributed by atoms with Gasteiger partial charge in [0.2, 0.25) is 0 Å². The predicted molar refractivity (Wildman–Crippen MR) is 82.0 cm³/mol. The van der Waals surface area contributed by atoms with Gasteiger partial charge in [0.25, 0.3) is 0 Å². The number of aromatic nitrogens is 1. The summed E-state index contributed by atoms with van der Waals surface area (Å²) in [6, 6.07) is 8.83. The molecule has 0 radical (unpaired) electrons. The van der Waals surface area contributed by atoms with Crippen LogP contribution in [0.3, 0.4) is 0 Å². The van der Waals surface area contributed by atoms with Gasteiger partial charge < -0.3 is 4.57 Å². The highest BCUT2D eigenvalue weighted by atomic mass is 16.1. The largest absolute Gasteiger partial charge is 0.333 e. The Bertz CT molecular complexity index is 596. The molecule has 2 aromatic rings. The van der Waals surface area contributed by atoms with Crippen molar-refractivity contribution >= 4 is 17.2 Å². The van der Waals surface area contributed by atoms with Crippen LogP contribution >= 0.6 is 0 Å². The van der Waals surface area contributed by atoms with E-state index in [4.69, 9.17) is 0 Å². The van der Waals surface area contributed by atoms with Crippen LogP contribution in [0.25, 0.3) is 10.9 Å². The van der Waals surface area contributed by atoms with Gasteiger partial charge in [0.15, 0.2) is 6.29 Å². The van der Waals surface area contributed by atoms with Crippen LogP contribution in [0.2, 0.25) is 0 Å². The van der Waals surface area contributed by atoms with E-state index in [2.05, 4.69) is 22.6 Å². The predicted octanol–water partition coefficient (Wildman–Crippen LogP) is 3.68. The maximum absolute atomic E-state index is 11.2. The molecule has 0 N–H and O–H groups in total. The lowest BCUT2D eigenvalue weighted by atomic mass is 9.95. The van der Waals surface area contributed by atoms with Crippen LogP contribution in [0.5, 0.6) is 0 Å². The van der Waals surface area contributed by atoms with Crippen molar-refractivity contribution in [3.05, 3.63) is 36.0 Å². The lowest BCUT2D eigenvalue weighted by Crippen LogP contribution is -2.34. The number of para-hydroxylation sites is 1. The van der Waals surface area contributed by atoms with Crippen molar-refractivity contribution in [2.75, 3.05) is 7.05 Å². The maximum atomic E-state index is 11.2. The van der Waals surface area contributed by atoms with Crippen LogP contribution in [0, 0.1) is 0 Å². The summed E-state index contributed by atoms with van der Waals surface area (Å²) in [4.78, 5) is 13.6. The molecule has 1 aliphatic rings. The topological polar surface area (TPSA) is 25.2 Å². The van der Waals surface area contributed by atoms with Crippen LogP contribution in [-0.2, 0) is 6.67 Å². The zero-order valence-electron chi connectivity index (χ0n) is 12.1. The summed E-state index contributed by atoms with van der Waals surface area (Å²) in [5.41, 5.74) is 1.94. The number of aldehydes is 1. The van der Waals surface area contributed by atoms with Gasteiger partial charge in [0.1, 0.15) is 0 Å². The average Bonchev–Trinajstić information content (AvgIpc) is 2.86. The van der Waals surface area contributed by atoms with Gasteiger partial charge in [-0.2, -0.15) is 0 Å². The average molecular weight is 270 g/mol. The molecule has 1 fully saturated rings. The Labute approximate surface area is 120 Å². The highest BCUT2D eigenvalue weighted by Gasteiger charge is 2.18. The van der Waals surface area contributed by atoms with Gasteiger partial charge >= 0.3 is 0 Å². The van der Waals surface area contributed by atoms with Gasteiger partial charge in [-0.3, -0.25) is 9.69 Å². The molecule has 1 heterocycles. The van der Waals surface area contributed by atoms with E-state index in [1.165, 1.54) is 32.1 Å². The fourth-order valence-corrected chi connectivity index (χ4v) is 3.36. The third-order valence-electron chi connectivity index (χ3n) is 4.52. The minimum Gasteiger partial charge on any atom is -0.333 e. The summed E-state index contributed by atoms with van der Waals surface area (Å²) in [6.07, 6.45) is 9.62. The van der Waals surface area contributed by atoms with Crippen LogP contribution in [0.4, 0.5) is 0 Å². The molecular formula is C17H22N2O. The highest BCUT2D eigenvalue weighted by Crippen LogP contribution is 2.24. The number of nitrogens with zero attached hydrogens (tertiary/aromatic N) is 2. The molecule has 0 amide bonds. The van der Waals surface area contributed by atoms with E-state index in [1.807, 2.05) is 24.4 Å². The quantitative estimate of drug-likeness (QED) is 0.792. The van der Waals surface area contributed by atoms with Gasteiger partial charge in [-0.1, -0.05) is 37.5 Å². The standard InChI is InChI=1S/C17H22N2O/c1-18(15-7-3-2-4-8-15)13-19-11-14(12-20)16-9-5-6-10-17(16)19/h5-6,9-12,15H,2-4,7-8,13H2,1H3. The van der Waals surface area contributed by atoms with Crippen molar-refractivity contribution in [3.63, 3.8) is 0 Å². The lowest BCUT2D eigenvalue weighted by molar-refractivity contribution is 0.112. The van der Waals surface area contributed by atoms with E-state index in [1.54, 1.807) is 0 Å². The lowest BCUT2D eigenvalue weighted by Gasteiger charge is -2.31. The van der Waals surface area contributed by atoms with E-state index in [-0.39, 0.29) is 0 Å². The second-order valence-electron chi connectivity index (χ2n) is 5.88. The molecule has 0 unspecified atom stereocenters. The first-order valence-electron chi connectivity index (χ1n) is 7.53. The first kappa shape index (κ1) is 13.4. The fourth-order valence-electron chi connectivity index (χ4n) is 3.36. The monoisotopic (exact) mass is 270 g/mol. The normalized spacial score (nSPS) is 16.9. The second-order valence-corrected chi connectivity index (χ2v) is 5.88. The van der Waals surface area contributed by atoms with Crippen LogP contribution in [0.15, 0.2) is 30.5 Å². The Morgan fingerprint density at radius 1 is 1.25 bits per heavy atom. The van der Waals surface area contributed by atoms with E-state index in [9.17, 15) is 4.79 Å². The molecule has 106 valence electrons. The molecule has 3 nitrogen and oxygen atoms in total. The first-order chi connectivity index (χ1) is 9.79. The third kappa shape index (κ3) is 2.50. The molecule has 0 saturated heterocycles. The Balaban J connectivity index is 1.84. The molecule has 0 atom stereocenters. The van der Waals surface area contributed by atoms with E-state index in [0.29, 0.717) is 6.04 Å². The molecule has 20 heavy (non-hydrogen) atoms. The number of benzene rings is 1. The van der Waals surface area contributed by atoms with Gasteiger partial charge in [0.05, 0.1) is 6.67 Å². The van der Waals surface area contributed by atoms with Crippen LogP contribution in [-0.4, -0.2) is 28.8 Å². The number of fused-ring (bicyclic) bond motifs is 1. The zero-order chi connectivity index (χ0) is 13.9. The van der Waals surface area contributed by atoms with Crippen molar-refractivity contribution < 1.29 is 4.79 Å². The Kier molecular flexibility index (Phi) is 3.88. The summed E-state index contributed by atoms with van der Waals surface area (Å²) >= 11 is 0. The Hall–Kier alpha value is -1.61. The summed E-state index contributed by atoms with van der Waals surface area (Å²) in [7, 11) is 2.20. The van der Waals surface area contributed by atoms with Crippen molar-refractivity contribution in [2.45, 2.75) is 44.8 Å². The minimum atomic E-state index is 0.685. The second kappa shape index (κ2) is 5.80. The molecule has 1 aromatic heterocycles. The van der Waals surface area contributed by atoms with E-state index >= 15 is 0 Å². The maximum Gasteiger partial charge on any atom is 0.152 e. The van der Waals surface area contributed by atoms with Gasteiger partial charge in [-0.05, 0) is 26.0 Å². The number of rotatable bonds is 4. The van der Waals surface area contributed by atoms with E-state index < -0.39 is 0 Å². The fraction of sp³-hybridized carbons (Fsp3) is 0.471. The zero-order valence-corrected chi connectivity index (χ0v) is 12.1. The van der Waals surface area contributed by atoms with Gasteiger partial charge in [-0.15, -0.1) is 0 Å². The summed E-state index contributed by atoms with van der Waals surface area (Å²) in [5.74, 6) is 0. The summed E-state index contributed by atoms with van der Waals surface area (Å²) in [6.45, 7) is 0.860. The molecule has 0 spiro atoms. The molecule has 0 aliphatic heterocycles. The molecule has 3 heteroatoms. The Morgan fingerprint density at radius 3 is 2.75 bits per heavy atom. The highest BCUT2D eigenvalue weighted by molar-refractivity contribution is 5.97. The number of hydrogen-bond acceptors (Lipinski definition) is 2. The summed E-state index contributed by atoms with van der Waals surface area (Å²) < 4.78 is 2.20. The van der Waals surface area contributed by atoms with Crippen molar-refractivity contribution in [1.82, 2.24) is 9.47 Å². The molecular weight excluding hydrogens is 248 g/mol. The minimum absolute atomic E-state index is 0.685. The smallest absolute Gasteiger partial charge is 0.152 e. The molecule has 1 saturated carbocycles.